The third-order valence-electron chi connectivity index (χ3n) is 1.95. The molecule has 0 saturated heterocycles. The van der Waals surface area contributed by atoms with E-state index in [2.05, 4.69) is 15.1 Å². The highest BCUT2D eigenvalue weighted by molar-refractivity contribution is 6.32. The van der Waals surface area contributed by atoms with Crippen molar-refractivity contribution in [2.75, 3.05) is 0 Å². The molecule has 0 aliphatic carbocycles. The molecule has 2 aromatic rings. The summed E-state index contributed by atoms with van der Waals surface area (Å²) < 4.78 is 1.37. The van der Waals surface area contributed by atoms with Crippen molar-refractivity contribution in [3.05, 3.63) is 44.7 Å². The summed E-state index contributed by atoms with van der Waals surface area (Å²) in [7, 11) is 0. The molecule has 0 amide bonds. The Morgan fingerprint density at radius 2 is 2.18 bits per heavy atom. The van der Waals surface area contributed by atoms with Crippen LogP contribution in [0.15, 0.2) is 18.6 Å². The van der Waals surface area contributed by atoms with Gasteiger partial charge in [0.05, 0.1) is 11.5 Å². The van der Waals surface area contributed by atoms with Gasteiger partial charge in [-0.2, -0.15) is 5.10 Å². The highest BCUT2D eigenvalue weighted by Gasteiger charge is 2.11. The van der Waals surface area contributed by atoms with Gasteiger partial charge in [0.1, 0.15) is 17.5 Å². The van der Waals surface area contributed by atoms with Crippen LogP contribution >= 0.6 is 23.2 Å². The third-order valence-corrected chi connectivity index (χ3v) is 2.45. The van der Waals surface area contributed by atoms with E-state index in [1.165, 1.54) is 17.1 Å². The van der Waals surface area contributed by atoms with Crippen LogP contribution in [0.1, 0.15) is 5.56 Å². The molecule has 2 aromatic heterocycles. The Hall–Kier alpha value is -1.73. The minimum atomic E-state index is -0.524. The van der Waals surface area contributed by atoms with Crippen molar-refractivity contribution in [3.8, 4) is 0 Å². The van der Waals surface area contributed by atoms with Gasteiger partial charge < -0.3 is 0 Å². The number of hydrogen-bond acceptors (Lipinski definition) is 5. The van der Waals surface area contributed by atoms with Gasteiger partial charge in [-0.05, 0) is 11.6 Å². The number of hydrogen-bond donors (Lipinski definition) is 0. The smallest absolute Gasteiger partial charge is 0.261 e. The maximum atomic E-state index is 10.5. The molecule has 0 aromatic carbocycles. The van der Waals surface area contributed by atoms with Gasteiger partial charge in [-0.15, -0.1) is 0 Å². The van der Waals surface area contributed by atoms with Crippen LogP contribution in [0.2, 0.25) is 10.4 Å². The number of nitrogens with zero attached hydrogens (tertiary/aromatic N) is 5. The maximum Gasteiger partial charge on any atom is 0.307 e. The molecule has 0 atom stereocenters. The molecule has 0 radical (unpaired) electrons. The van der Waals surface area contributed by atoms with Gasteiger partial charge in [0, 0.05) is 11.8 Å². The molecule has 0 bridgehead atoms. The van der Waals surface area contributed by atoms with Crippen molar-refractivity contribution in [2.24, 2.45) is 0 Å². The molecule has 0 fully saturated rings. The molecule has 17 heavy (non-hydrogen) atoms. The number of nitro groups is 1. The summed E-state index contributed by atoms with van der Waals surface area (Å²) in [5.41, 5.74) is 0.491. The molecule has 2 rings (SSSR count). The Labute approximate surface area is 105 Å². The standard InChI is InChI=1S/C8H5Cl2N5O2/c9-7-5(1-11-8(10)13-7)3-14-4-6(2-12-14)15(16)17/h1-2,4H,3H2. The summed E-state index contributed by atoms with van der Waals surface area (Å²) in [4.78, 5) is 17.5. The van der Waals surface area contributed by atoms with Crippen molar-refractivity contribution in [3.63, 3.8) is 0 Å². The minimum absolute atomic E-state index is 0.0465. The third kappa shape index (κ3) is 2.69. The van der Waals surface area contributed by atoms with Gasteiger partial charge in [-0.3, -0.25) is 14.8 Å². The van der Waals surface area contributed by atoms with E-state index in [9.17, 15) is 10.1 Å². The van der Waals surface area contributed by atoms with Crippen LogP contribution in [-0.4, -0.2) is 24.7 Å². The second-order valence-electron chi connectivity index (χ2n) is 3.11. The summed E-state index contributed by atoms with van der Waals surface area (Å²) in [6, 6.07) is 0. The van der Waals surface area contributed by atoms with E-state index in [0.29, 0.717) is 5.56 Å². The first-order chi connectivity index (χ1) is 8.06. The average molecular weight is 274 g/mol. The Bertz CT molecular complexity index is 571. The van der Waals surface area contributed by atoms with E-state index in [4.69, 9.17) is 23.2 Å². The molecule has 0 spiro atoms. The number of halogens is 2. The molecular formula is C8H5Cl2N5O2. The van der Waals surface area contributed by atoms with Crippen molar-refractivity contribution < 1.29 is 4.92 Å². The quantitative estimate of drug-likeness (QED) is 0.369. The lowest BCUT2D eigenvalue weighted by molar-refractivity contribution is -0.385. The van der Waals surface area contributed by atoms with Crippen molar-refractivity contribution >= 4 is 28.9 Å². The molecule has 88 valence electrons. The molecule has 0 saturated carbocycles. The molecule has 2 heterocycles. The molecule has 0 aliphatic heterocycles. The van der Waals surface area contributed by atoms with Gasteiger partial charge in [-0.1, -0.05) is 11.6 Å². The summed E-state index contributed by atoms with van der Waals surface area (Å²) in [6.45, 7) is 0.240. The fourth-order valence-corrected chi connectivity index (χ4v) is 1.55. The minimum Gasteiger partial charge on any atom is -0.261 e. The highest BCUT2D eigenvalue weighted by atomic mass is 35.5. The Morgan fingerprint density at radius 3 is 2.76 bits per heavy atom. The van der Waals surface area contributed by atoms with Crippen LogP contribution in [0.3, 0.4) is 0 Å². The van der Waals surface area contributed by atoms with Crippen molar-refractivity contribution in [1.29, 1.82) is 0 Å². The van der Waals surface area contributed by atoms with E-state index in [-0.39, 0.29) is 22.7 Å². The normalized spacial score (nSPS) is 10.5. The Balaban J connectivity index is 2.22. The zero-order valence-electron chi connectivity index (χ0n) is 8.25. The number of rotatable bonds is 3. The van der Waals surface area contributed by atoms with Crippen LogP contribution in [0.4, 0.5) is 5.69 Å². The van der Waals surface area contributed by atoms with E-state index < -0.39 is 4.92 Å². The Kier molecular flexibility index (Phi) is 3.21. The van der Waals surface area contributed by atoms with Crippen LogP contribution < -0.4 is 0 Å². The molecule has 0 unspecified atom stereocenters. The SMILES string of the molecule is O=[N+]([O-])c1cnn(Cc2cnc(Cl)nc2Cl)c1. The summed E-state index contributed by atoms with van der Waals surface area (Å²) in [5.74, 6) is 0. The van der Waals surface area contributed by atoms with Crippen LogP contribution in [0.25, 0.3) is 0 Å². The van der Waals surface area contributed by atoms with Gasteiger partial charge in [0.15, 0.2) is 0 Å². The van der Waals surface area contributed by atoms with E-state index in [1.54, 1.807) is 0 Å². The van der Waals surface area contributed by atoms with E-state index in [1.807, 2.05) is 0 Å². The zero-order valence-corrected chi connectivity index (χ0v) is 9.76. The Morgan fingerprint density at radius 1 is 1.41 bits per heavy atom. The lowest BCUT2D eigenvalue weighted by atomic mass is 10.3. The monoisotopic (exact) mass is 273 g/mol. The summed E-state index contributed by atoms with van der Waals surface area (Å²) in [5, 5.41) is 14.5. The second kappa shape index (κ2) is 4.64. The summed E-state index contributed by atoms with van der Waals surface area (Å²) >= 11 is 11.4. The topological polar surface area (TPSA) is 86.7 Å². The molecule has 0 aliphatic rings. The van der Waals surface area contributed by atoms with Gasteiger partial charge in [-0.25, -0.2) is 9.97 Å². The average Bonchev–Trinajstić information content (AvgIpc) is 2.71. The van der Waals surface area contributed by atoms with Crippen LogP contribution in [-0.2, 0) is 6.54 Å². The predicted octanol–water partition coefficient (Wildman–Crippen LogP) is 1.94. The maximum absolute atomic E-state index is 10.5. The molecule has 0 N–H and O–H groups in total. The molecule has 7 nitrogen and oxygen atoms in total. The predicted molar refractivity (Wildman–Crippen MR) is 60.0 cm³/mol. The molecular weight excluding hydrogens is 269 g/mol. The summed E-state index contributed by atoms with van der Waals surface area (Å²) in [6.07, 6.45) is 3.90. The zero-order chi connectivity index (χ0) is 12.4. The van der Waals surface area contributed by atoms with Crippen molar-refractivity contribution in [2.45, 2.75) is 6.54 Å². The largest absolute Gasteiger partial charge is 0.307 e. The van der Waals surface area contributed by atoms with Crippen LogP contribution in [0.5, 0.6) is 0 Å². The van der Waals surface area contributed by atoms with Crippen molar-refractivity contribution in [1.82, 2.24) is 19.7 Å². The first kappa shape index (κ1) is 11.7. The van der Waals surface area contributed by atoms with Crippen LogP contribution in [0, 0.1) is 10.1 Å². The van der Waals surface area contributed by atoms with E-state index >= 15 is 0 Å². The second-order valence-corrected chi connectivity index (χ2v) is 3.80. The number of aromatic nitrogens is 4. The first-order valence-electron chi connectivity index (χ1n) is 4.40. The van der Waals surface area contributed by atoms with Gasteiger partial charge >= 0.3 is 5.69 Å². The lowest BCUT2D eigenvalue weighted by Crippen LogP contribution is -2.02. The highest BCUT2D eigenvalue weighted by Crippen LogP contribution is 2.16. The molecule has 9 heteroatoms. The fraction of sp³-hybridized carbons (Fsp3) is 0.125. The van der Waals surface area contributed by atoms with Gasteiger partial charge in [0.25, 0.3) is 0 Å². The fourth-order valence-electron chi connectivity index (χ4n) is 1.18. The first-order valence-corrected chi connectivity index (χ1v) is 5.15. The van der Waals surface area contributed by atoms with Gasteiger partial charge in [0.2, 0.25) is 5.28 Å². The van der Waals surface area contributed by atoms with E-state index in [0.717, 1.165) is 6.20 Å². The lowest BCUT2D eigenvalue weighted by Gasteiger charge is -2.02.